The first kappa shape index (κ1) is 13.2. The van der Waals surface area contributed by atoms with E-state index in [1.165, 1.54) is 37.6 Å². The molecule has 2 rings (SSSR count). The maximum atomic E-state index is 12.4. The summed E-state index contributed by atoms with van der Waals surface area (Å²) in [5, 5.41) is 0.894. The van der Waals surface area contributed by atoms with E-state index in [4.69, 9.17) is 4.74 Å². The molecule has 0 amide bonds. The third-order valence-corrected chi connectivity index (χ3v) is 5.10. The molecule has 0 aliphatic carbocycles. The summed E-state index contributed by atoms with van der Waals surface area (Å²) < 4.78 is 5.98. The first-order valence-corrected chi connectivity index (χ1v) is 7.30. The highest BCUT2D eigenvalue weighted by molar-refractivity contribution is 8.37. The summed E-state index contributed by atoms with van der Waals surface area (Å²) in [6.45, 7) is 1.43. The summed E-state index contributed by atoms with van der Waals surface area (Å²) in [7, 11) is 1.51. The fourth-order valence-electron chi connectivity index (χ4n) is 1.63. The van der Waals surface area contributed by atoms with Crippen LogP contribution in [0.5, 0.6) is 5.75 Å². The van der Waals surface area contributed by atoms with Crippen LogP contribution in [0.15, 0.2) is 34.1 Å². The predicted octanol–water partition coefficient (Wildman–Crippen LogP) is 3.12. The number of para-hydroxylation sites is 1. The van der Waals surface area contributed by atoms with Crippen LogP contribution in [0, 0.1) is 0 Å². The van der Waals surface area contributed by atoms with Crippen molar-refractivity contribution in [2.24, 2.45) is 0 Å². The number of allylic oxidation sites excluding steroid dienone is 1. The van der Waals surface area contributed by atoms with Crippen LogP contribution in [-0.4, -0.2) is 23.8 Å². The predicted molar refractivity (Wildman–Crippen MR) is 75.1 cm³/mol. The Morgan fingerprint density at radius 1 is 1.22 bits per heavy atom. The highest BCUT2D eigenvalue weighted by atomic mass is 32.3. The van der Waals surface area contributed by atoms with Gasteiger partial charge in [-0.2, -0.15) is 0 Å². The van der Waals surface area contributed by atoms with E-state index in [9.17, 15) is 9.59 Å². The lowest BCUT2D eigenvalue weighted by atomic mass is 10.0. The van der Waals surface area contributed by atoms with Crippen molar-refractivity contribution in [3.63, 3.8) is 0 Å². The van der Waals surface area contributed by atoms with Crippen LogP contribution in [0.2, 0.25) is 0 Å². The SMILES string of the molecule is COc1ccccc1C(=O)C(C(C)=O)=C1SCS1. The zero-order chi connectivity index (χ0) is 13.1. The number of methoxy groups -OCH3 is 1. The molecule has 0 aromatic heterocycles. The Morgan fingerprint density at radius 2 is 1.89 bits per heavy atom. The molecule has 94 valence electrons. The topological polar surface area (TPSA) is 43.4 Å². The number of hydrogen-bond acceptors (Lipinski definition) is 5. The second kappa shape index (κ2) is 5.63. The Labute approximate surface area is 114 Å². The van der Waals surface area contributed by atoms with Crippen LogP contribution in [0.1, 0.15) is 17.3 Å². The lowest BCUT2D eigenvalue weighted by Gasteiger charge is -2.18. The Hall–Kier alpha value is -1.20. The monoisotopic (exact) mass is 280 g/mol. The number of rotatable bonds is 4. The lowest BCUT2D eigenvalue weighted by Crippen LogP contribution is -2.15. The molecule has 1 heterocycles. The zero-order valence-corrected chi connectivity index (χ0v) is 11.7. The molecule has 1 aromatic rings. The molecule has 0 saturated carbocycles. The van der Waals surface area contributed by atoms with Gasteiger partial charge in [0.1, 0.15) is 5.75 Å². The Morgan fingerprint density at radius 3 is 2.39 bits per heavy atom. The van der Waals surface area contributed by atoms with Gasteiger partial charge in [0.05, 0.1) is 22.5 Å². The zero-order valence-electron chi connectivity index (χ0n) is 10.1. The molecule has 0 radical (unpaired) electrons. The average molecular weight is 280 g/mol. The fourth-order valence-corrected chi connectivity index (χ4v) is 3.33. The van der Waals surface area contributed by atoms with Crippen LogP contribution in [-0.2, 0) is 4.79 Å². The Balaban J connectivity index is 2.44. The largest absolute Gasteiger partial charge is 0.496 e. The number of carbonyl (C=O) groups excluding carboxylic acids is 2. The van der Waals surface area contributed by atoms with E-state index >= 15 is 0 Å². The molecule has 1 aliphatic rings. The summed E-state index contributed by atoms with van der Waals surface area (Å²) >= 11 is 3.08. The normalized spacial score (nSPS) is 13.8. The minimum Gasteiger partial charge on any atom is -0.496 e. The molecule has 1 fully saturated rings. The van der Waals surface area contributed by atoms with Crippen molar-refractivity contribution in [2.75, 3.05) is 12.2 Å². The molecular formula is C13H12O3S2. The molecule has 0 spiro atoms. The number of ketones is 2. The minimum absolute atomic E-state index is 0.194. The summed E-state index contributed by atoms with van der Waals surface area (Å²) in [6, 6.07) is 6.96. The molecular weight excluding hydrogens is 268 g/mol. The smallest absolute Gasteiger partial charge is 0.201 e. The van der Waals surface area contributed by atoms with Gasteiger partial charge in [-0.25, -0.2) is 0 Å². The van der Waals surface area contributed by atoms with E-state index in [1.807, 2.05) is 0 Å². The quantitative estimate of drug-likeness (QED) is 0.367. The molecule has 0 N–H and O–H groups in total. The third-order valence-electron chi connectivity index (χ3n) is 2.51. The van der Waals surface area contributed by atoms with Gasteiger partial charge in [-0.1, -0.05) is 12.1 Å². The molecule has 0 unspecified atom stereocenters. The van der Waals surface area contributed by atoms with Crippen LogP contribution in [0.25, 0.3) is 0 Å². The summed E-state index contributed by atoms with van der Waals surface area (Å²) in [5.41, 5.74) is 0.714. The number of ether oxygens (including phenoxy) is 1. The van der Waals surface area contributed by atoms with Crippen molar-refractivity contribution in [2.45, 2.75) is 6.92 Å². The summed E-state index contributed by atoms with van der Waals surface area (Å²) in [4.78, 5) is 24.1. The first-order valence-electron chi connectivity index (χ1n) is 5.33. The van der Waals surface area contributed by atoms with Crippen molar-refractivity contribution in [3.05, 3.63) is 39.6 Å². The molecule has 0 atom stereocenters. The second-order valence-electron chi connectivity index (χ2n) is 3.65. The van der Waals surface area contributed by atoms with Gasteiger partial charge in [0.15, 0.2) is 5.78 Å². The van der Waals surface area contributed by atoms with Gasteiger partial charge in [-0.05, 0) is 19.1 Å². The minimum atomic E-state index is -0.255. The Kier molecular flexibility index (Phi) is 4.14. The van der Waals surface area contributed by atoms with E-state index in [0.717, 1.165) is 9.32 Å². The van der Waals surface area contributed by atoms with Crippen molar-refractivity contribution in [1.29, 1.82) is 0 Å². The van der Waals surface area contributed by atoms with Gasteiger partial charge in [0, 0.05) is 5.08 Å². The second-order valence-corrected chi connectivity index (χ2v) is 6.25. The molecule has 0 bridgehead atoms. The van der Waals surface area contributed by atoms with Crippen molar-refractivity contribution in [3.8, 4) is 5.75 Å². The number of Topliss-reactive ketones (excluding diaryl/α,β-unsaturated/α-hetero) is 2. The number of benzene rings is 1. The van der Waals surface area contributed by atoms with Gasteiger partial charge < -0.3 is 4.74 Å². The maximum absolute atomic E-state index is 12.4. The number of thioether (sulfide) groups is 2. The highest BCUT2D eigenvalue weighted by Crippen LogP contribution is 2.46. The molecule has 1 aliphatic heterocycles. The van der Waals surface area contributed by atoms with Crippen molar-refractivity contribution in [1.82, 2.24) is 0 Å². The molecule has 1 saturated heterocycles. The first-order chi connectivity index (χ1) is 8.65. The average Bonchev–Trinajstić information content (AvgIpc) is 2.32. The van der Waals surface area contributed by atoms with E-state index in [1.54, 1.807) is 24.3 Å². The van der Waals surface area contributed by atoms with E-state index < -0.39 is 0 Å². The van der Waals surface area contributed by atoms with Crippen LogP contribution >= 0.6 is 23.5 Å². The lowest BCUT2D eigenvalue weighted by molar-refractivity contribution is -0.113. The van der Waals surface area contributed by atoms with E-state index in [2.05, 4.69) is 0 Å². The molecule has 5 heteroatoms. The molecule has 18 heavy (non-hydrogen) atoms. The van der Waals surface area contributed by atoms with Crippen molar-refractivity contribution >= 4 is 35.1 Å². The highest BCUT2D eigenvalue weighted by Gasteiger charge is 2.27. The fraction of sp³-hybridized carbons (Fsp3) is 0.231. The van der Waals surface area contributed by atoms with Crippen LogP contribution in [0.3, 0.4) is 0 Å². The van der Waals surface area contributed by atoms with Gasteiger partial charge in [-0.15, -0.1) is 23.5 Å². The summed E-state index contributed by atoms with van der Waals surface area (Å²) in [5.74, 6) is 0.0476. The van der Waals surface area contributed by atoms with E-state index in [0.29, 0.717) is 11.3 Å². The number of hydrogen-bond donors (Lipinski definition) is 0. The molecule has 1 aromatic carbocycles. The maximum Gasteiger partial charge on any atom is 0.201 e. The van der Waals surface area contributed by atoms with Crippen LogP contribution < -0.4 is 4.74 Å². The Bertz CT molecular complexity index is 529. The van der Waals surface area contributed by atoms with E-state index in [-0.39, 0.29) is 17.1 Å². The van der Waals surface area contributed by atoms with Gasteiger partial charge in [0.2, 0.25) is 5.78 Å². The van der Waals surface area contributed by atoms with Gasteiger partial charge in [-0.3, -0.25) is 9.59 Å². The number of carbonyl (C=O) groups is 2. The van der Waals surface area contributed by atoms with Crippen LogP contribution in [0.4, 0.5) is 0 Å². The summed E-state index contributed by atoms with van der Waals surface area (Å²) in [6.07, 6.45) is 0. The van der Waals surface area contributed by atoms with Gasteiger partial charge in [0.25, 0.3) is 0 Å². The third kappa shape index (κ3) is 2.47. The molecule has 3 nitrogen and oxygen atoms in total. The standard InChI is InChI=1S/C13H12O3S2/c1-8(14)11(13-17-7-18-13)12(15)9-5-3-4-6-10(9)16-2/h3-6H,7H2,1-2H3. The van der Waals surface area contributed by atoms with Gasteiger partial charge >= 0.3 is 0 Å². The van der Waals surface area contributed by atoms with Crippen molar-refractivity contribution < 1.29 is 14.3 Å².